The van der Waals surface area contributed by atoms with Gasteiger partial charge in [-0.1, -0.05) is 24.3 Å². The van der Waals surface area contributed by atoms with Crippen molar-refractivity contribution in [3.8, 4) is 23.3 Å². The van der Waals surface area contributed by atoms with Crippen molar-refractivity contribution in [2.24, 2.45) is 7.05 Å². The number of hydrogen-bond acceptors (Lipinski definition) is 5. The average Bonchev–Trinajstić information content (AvgIpc) is 3.32. The topological polar surface area (TPSA) is 91.2 Å². The molecule has 192 valence electrons. The monoisotopic (exact) mass is 526 g/mol. The average molecular weight is 526 g/mol. The Bertz CT molecular complexity index is 1810. The predicted octanol–water partition coefficient (Wildman–Crippen LogP) is 6.42. The first-order valence-electron chi connectivity index (χ1n) is 11.7. The van der Waals surface area contributed by atoms with E-state index < -0.39 is 23.6 Å². The Morgan fingerprint density at radius 1 is 0.974 bits per heavy atom. The molecule has 2 aromatic carbocycles. The Labute approximate surface area is 220 Å². The summed E-state index contributed by atoms with van der Waals surface area (Å²) in [5.41, 5.74) is 2.53. The van der Waals surface area contributed by atoms with E-state index in [4.69, 9.17) is 0 Å². The highest BCUT2D eigenvalue weighted by Gasteiger charge is 2.33. The zero-order chi connectivity index (χ0) is 27.9. The highest BCUT2D eigenvalue weighted by atomic mass is 19.4. The number of alkyl halides is 3. The van der Waals surface area contributed by atoms with Gasteiger partial charge in [0.25, 0.3) is 0 Å². The van der Waals surface area contributed by atoms with E-state index >= 15 is 0 Å². The summed E-state index contributed by atoms with van der Waals surface area (Å²) in [5, 5.41) is 20.5. The SMILES string of the molecule is Cc1cc(C(c2ccc(C(F)(F)F)nc2)c2cncn2C)cc2c(C#N)c(-c3cccc(F)c3)c(C#N)nc12. The lowest BCUT2D eigenvalue weighted by molar-refractivity contribution is -0.141. The van der Waals surface area contributed by atoms with Crippen molar-refractivity contribution in [3.05, 3.63) is 112 Å². The van der Waals surface area contributed by atoms with Gasteiger partial charge in [0.05, 0.1) is 23.3 Å². The summed E-state index contributed by atoms with van der Waals surface area (Å²) in [6.07, 6.45) is -0.209. The molecule has 3 aromatic heterocycles. The summed E-state index contributed by atoms with van der Waals surface area (Å²) in [7, 11) is 1.77. The molecule has 5 rings (SSSR count). The third-order valence-electron chi connectivity index (χ3n) is 6.53. The zero-order valence-electron chi connectivity index (χ0n) is 20.6. The van der Waals surface area contributed by atoms with Crippen LogP contribution in [0.15, 0.2) is 67.3 Å². The standard InChI is InChI=1S/C29H18F4N6/c1-16-8-19(26(24-14-36-15-39(24)2)18-6-7-25(37-13-18)29(31,32)33)10-21-22(11-34)27(23(12-35)38-28(16)21)17-4-3-5-20(30)9-17/h3-10,13-15,26H,1-2H3. The van der Waals surface area contributed by atoms with E-state index in [0.717, 1.165) is 6.07 Å². The molecule has 0 aliphatic heterocycles. The second-order valence-electron chi connectivity index (χ2n) is 9.02. The maximum Gasteiger partial charge on any atom is 0.433 e. The maximum absolute atomic E-state index is 14.1. The molecule has 3 heterocycles. The van der Waals surface area contributed by atoms with Crippen LogP contribution in [0.4, 0.5) is 17.6 Å². The first kappa shape index (κ1) is 25.6. The number of fused-ring (bicyclic) bond motifs is 1. The Morgan fingerprint density at radius 2 is 1.77 bits per heavy atom. The van der Waals surface area contributed by atoms with Crippen LogP contribution in [0.2, 0.25) is 0 Å². The van der Waals surface area contributed by atoms with E-state index in [0.29, 0.717) is 38.9 Å². The van der Waals surface area contributed by atoms with Crippen LogP contribution < -0.4 is 0 Å². The third-order valence-corrected chi connectivity index (χ3v) is 6.53. The highest BCUT2D eigenvalue weighted by Crippen LogP contribution is 2.38. The molecular formula is C29H18F4N6. The van der Waals surface area contributed by atoms with Crippen LogP contribution in [-0.2, 0) is 13.2 Å². The highest BCUT2D eigenvalue weighted by molar-refractivity contribution is 5.95. The minimum absolute atomic E-state index is 0.0179. The molecule has 0 aliphatic rings. The smallest absolute Gasteiger partial charge is 0.337 e. The molecule has 39 heavy (non-hydrogen) atoms. The van der Waals surface area contributed by atoms with E-state index in [1.165, 1.54) is 30.5 Å². The lowest BCUT2D eigenvalue weighted by Gasteiger charge is -2.21. The lowest BCUT2D eigenvalue weighted by Crippen LogP contribution is -2.12. The molecule has 0 fully saturated rings. The van der Waals surface area contributed by atoms with Gasteiger partial charge in [-0.05, 0) is 53.4 Å². The second-order valence-corrected chi connectivity index (χ2v) is 9.02. The summed E-state index contributed by atoms with van der Waals surface area (Å²) < 4.78 is 55.4. The Hall–Kier alpha value is -5.09. The third kappa shape index (κ3) is 4.57. The van der Waals surface area contributed by atoms with Crippen LogP contribution in [0, 0.1) is 35.4 Å². The minimum Gasteiger partial charge on any atom is -0.337 e. The molecule has 1 unspecified atom stereocenters. The molecule has 0 aliphatic carbocycles. The van der Waals surface area contributed by atoms with Crippen LogP contribution in [-0.4, -0.2) is 19.5 Å². The number of aromatic nitrogens is 4. The molecule has 0 saturated heterocycles. The molecule has 1 atom stereocenters. The fourth-order valence-electron chi connectivity index (χ4n) is 4.78. The van der Waals surface area contributed by atoms with E-state index in [-0.39, 0.29) is 16.8 Å². The van der Waals surface area contributed by atoms with Crippen molar-refractivity contribution in [1.82, 2.24) is 19.5 Å². The van der Waals surface area contributed by atoms with E-state index in [9.17, 15) is 28.1 Å². The van der Waals surface area contributed by atoms with Crippen LogP contribution in [0.3, 0.4) is 0 Å². The molecular weight excluding hydrogens is 508 g/mol. The van der Waals surface area contributed by atoms with Gasteiger partial charge in [-0.15, -0.1) is 0 Å². The molecule has 0 N–H and O–H groups in total. The van der Waals surface area contributed by atoms with Crippen LogP contribution in [0.25, 0.3) is 22.0 Å². The number of aryl methyl sites for hydroxylation is 2. The van der Waals surface area contributed by atoms with Gasteiger partial charge in [0.2, 0.25) is 0 Å². The van der Waals surface area contributed by atoms with Gasteiger partial charge in [-0.25, -0.2) is 14.4 Å². The first-order chi connectivity index (χ1) is 18.6. The van der Waals surface area contributed by atoms with Crippen LogP contribution in [0.1, 0.15) is 45.3 Å². The zero-order valence-corrected chi connectivity index (χ0v) is 20.6. The van der Waals surface area contributed by atoms with Gasteiger partial charge in [-0.3, -0.25) is 4.98 Å². The summed E-state index contributed by atoms with van der Waals surface area (Å²) in [6, 6.07) is 15.6. The largest absolute Gasteiger partial charge is 0.433 e. The van der Waals surface area contributed by atoms with Gasteiger partial charge >= 0.3 is 6.18 Å². The van der Waals surface area contributed by atoms with E-state index in [1.807, 2.05) is 12.1 Å². The Balaban J connectivity index is 1.80. The molecule has 0 saturated carbocycles. The van der Waals surface area contributed by atoms with Crippen molar-refractivity contribution in [3.63, 3.8) is 0 Å². The van der Waals surface area contributed by atoms with Crippen molar-refractivity contribution in [1.29, 1.82) is 10.5 Å². The number of imidazole rings is 1. The molecule has 0 radical (unpaired) electrons. The fourth-order valence-corrected chi connectivity index (χ4v) is 4.78. The Morgan fingerprint density at radius 3 is 2.36 bits per heavy atom. The number of hydrogen-bond donors (Lipinski definition) is 0. The number of nitriles is 2. The quantitative estimate of drug-likeness (QED) is 0.252. The summed E-state index contributed by atoms with van der Waals surface area (Å²) in [4.78, 5) is 12.3. The fraction of sp³-hybridized carbons (Fsp3) is 0.138. The number of rotatable bonds is 4. The van der Waals surface area contributed by atoms with Gasteiger partial charge in [0.15, 0.2) is 0 Å². The number of halogens is 4. The molecule has 5 aromatic rings. The molecule has 10 heteroatoms. The van der Waals surface area contributed by atoms with Crippen LogP contribution in [0.5, 0.6) is 0 Å². The molecule has 0 spiro atoms. The normalized spacial score (nSPS) is 12.2. The molecule has 0 amide bonds. The first-order valence-corrected chi connectivity index (χ1v) is 11.7. The number of pyridine rings is 2. The van der Waals surface area contributed by atoms with Gasteiger partial charge in [0.1, 0.15) is 29.3 Å². The van der Waals surface area contributed by atoms with Crippen molar-refractivity contribution >= 4 is 10.9 Å². The summed E-state index contributed by atoms with van der Waals surface area (Å²) >= 11 is 0. The van der Waals surface area contributed by atoms with Crippen molar-refractivity contribution < 1.29 is 17.6 Å². The number of nitrogens with zero attached hydrogens (tertiary/aromatic N) is 6. The van der Waals surface area contributed by atoms with Crippen LogP contribution >= 0.6 is 0 Å². The van der Waals surface area contributed by atoms with Gasteiger partial charge < -0.3 is 4.57 Å². The summed E-state index contributed by atoms with van der Waals surface area (Å²) in [6.45, 7) is 1.77. The number of benzene rings is 2. The van der Waals surface area contributed by atoms with Crippen molar-refractivity contribution in [2.45, 2.75) is 19.0 Å². The minimum atomic E-state index is -4.58. The predicted molar refractivity (Wildman–Crippen MR) is 135 cm³/mol. The maximum atomic E-state index is 14.1. The molecule has 6 nitrogen and oxygen atoms in total. The Kier molecular flexibility index (Phi) is 6.33. The molecule has 0 bridgehead atoms. The lowest BCUT2D eigenvalue weighted by atomic mass is 9.86. The van der Waals surface area contributed by atoms with E-state index in [1.54, 1.807) is 43.2 Å². The van der Waals surface area contributed by atoms with Crippen molar-refractivity contribution in [2.75, 3.05) is 0 Å². The van der Waals surface area contributed by atoms with Gasteiger partial charge in [-0.2, -0.15) is 23.7 Å². The van der Waals surface area contributed by atoms with Gasteiger partial charge in [0, 0.05) is 36.1 Å². The van der Waals surface area contributed by atoms with E-state index in [2.05, 4.69) is 21.0 Å². The summed E-state index contributed by atoms with van der Waals surface area (Å²) in [5.74, 6) is -1.12. The second kappa shape index (κ2) is 9.66.